The van der Waals surface area contributed by atoms with Crippen molar-refractivity contribution in [2.45, 2.75) is 90.3 Å². The second-order valence-electron chi connectivity index (χ2n) is 10.2. The van der Waals surface area contributed by atoms with Gasteiger partial charge >= 0.3 is 5.97 Å². The smallest absolute Gasteiger partial charge is 0.325 e. The number of amides is 3. The van der Waals surface area contributed by atoms with Crippen molar-refractivity contribution >= 4 is 23.7 Å². The van der Waals surface area contributed by atoms with Crippen molar-refractivity contribution in [2.24, 2.45) is 29.0 Å². The van der Waals surface area contributed by atoms with E-state index < -0.39 is 24.1 Å². The first-order valence-electron chi connectivity index (χ1n) is 13.5. The predicted molar refractivity (Wildman–Crippen MR) is 136 cm³/mol. The molecule has 0 aromatic carbocycles. The molecular formula is C25H46N6O5. The van der Waals surface area contributed by atoms with E-state index in [0.717, 1.165) is 12.8 Å². The number of nitrogens with zero attached hydrogens (tertiary/aromatic N) is 3. The third-order valence-electron chi connectivity index (χ3n) is 6.79. The molecule has 11 heteroatoms. The van der Waals surface area contributed by atoms with Gasteiger partial charge in [-0.05, 0) is 70.5 Å². The molecule has 0 spiro atoms. The van der Waals surface area contributed by atoms with Crippen molar-refractivity contribution in [3.8, 4) is 0 Å². The van der Waals surface area contributed by atoms with Crippen molar-refractivity contribution < 1.29 is 24.0 Å². The van der Waals surface area contributed by atoms with Crippen LogP contribution in [0.1, 0.15) is 78.1 Å². The molecule has 0 radical (unpaired) electrons. The van der Waals surface area contributed by atoms with Gasteiger partial charge in [-0.25, -0.2) is 0 Å². The first-order valence-corrected chi connectivity index (χ1v) is 13.5. The summed E-state index contributed by atoms with van der Waals surface area (Å²) in [5.74, 6) is -1.47. The Bertz CT molecular complexity index is 748. The number of carbonyl (C=O) groups is 4. The number of unbranched alkanes of at least 4 members (excludes halogenated alkanes) is 3. The molecule has 3 atom stereocenters. The van der Waals surface area contributed by atoms with Gasteiger partial charge in [-0.15, -0.1) is 5.06 Å². The third-order valence-corrected chi connectivity index (χ3v) is 6.79. The second kappa shape index (κ2) is 15.2. The number of imide groups is 1. The number of carbonyl (C=O) groups excluding carboxylic acids is 4. The average Bonchev–Trinajstić information content (AvgIpc) is 2.83. The molecule has 0 bridgehead atoms. The monoisotopic (exact) mass is 510 g/mol. The summed E-state index contributed by atoms with van der Waals surface area (Å²) >= 11 is 0. The number of rotatable bonds is 15. The van der Waals surface area contributed by atoms with Gasteiger partial charge in [-0.1, -0.05) is 20.3 Å². The van der Waals surface area contributed by atoms with Gasteiger partial charge in [0.15, 0.2) is 0 Å². The van der Waals surface area contributed by atoms with Crippen LogP contribution in [-0.4, -0.2) is 83.5 Å². The van der Waals surface area contributed by atoms with Crippen molar-refractivity contribution in [3.63, 3.8) is 0 Å². The molecule has 2 saturated heterocycles. The minimum atomic E-state index is -0.787. The van der Waals surface area contributed by atoms with Crippen LogP contribution in [0.15, 0.2) is 0 Å². The third kappa shape index (κ3) is 8.22. The molecule has 0 unspecified atom stereocenters. The standard InChI is InChI=1S/C25H46N6O5/c1-18(2)15-20-25(35)29(22(32)10-4-7-13-27)17-21-30(36-23(33)11-5-8-14-28)16-19(9-3-6-12-26)24(34)31(20)21/h18-21H,3-17,26-28H2,1-2H3/t19-,20-,21-/m1/s1. The molecule has 0 aromatic rings. The van der Waals surface area contributed by atoms with Gasteiger partial charge in [-0.3, -0.25) is 24.1 Å². The van der Waals surface area contributed by atoms with Crippen LogP contribution >= 0.6 is 0 Å². The molecule has 2 aliphatic heterocycles. The molecule has 206 valence electrons. The number of nitrogens with two attached hydrogens (primary N) is 3. The topological polar surface area (TPSA) is 165 Å². The highest BCUT2D eigenvalue weighted by molar-refractivity contribution is 6.00. The largest absolute Gasteiger partial charge is 0.366 e. The van der Waals surface area contributed by atoms with Gasteiger partial charge in [0, 0.05) is 19.4 Å². The molecule has 0 aromatic heterocycles. The van der Waals surface area contributed by atoms with Crippen molar-refractivity contribution in [1.82, 2.24) is 14.9 Å². The zero-order valence-corrected chi connectivity index (χ0v) is 22.0. The van der Waals surface area contributed by atoms with Gasteiger partial charge in [0.25, 0.3) is 5.91 Å². The molecule has 2 fully saturated rings. The SMILES string of the molecule is CC(C)C[C@@H]1C(=O)N(C(=O)CCCCN)C[C@@H]2N(OC(=O)CCCCN)C[C@@H](CCCCN)C(=O)N12. The highest BCUT2D eigenvalue weighted by atomic mass is 16.7. The lowest BCUT2D eigenvalue weighted by molar-refractivity contribution is -0.248. The molecule has 2 heterocycles. The first kappa shape index (κ1) is 30.1. The lowest BCUT2D eigenvalue weighted by Gasteiger charge is -2.52. The van der Waals surface area contributed by atoms with Gasteiger partial charge < -0.3 is 26.9 Å². The maximum atomic E-state index is 13.7. The molecule has 0 aliphatic carbocycles. The summed E-state index contributed by atoms with van der Waals surface area (Å²) in [5, 5.41) is 1.53. The molecule has 2 rings (SSSR count). The Hall–Kier alpha value is -2.08. The van der Waals surface area contributed by atoms with Crippen LogP contribution in [0.2, 0.25) is 0 Å². The maximum absolute atomic E-state index is 13.7. The quantitative estimate of drug-likeness (QED) is 0.269. The average molecular weight is 511 g/mol. The molecule has 11 nitrogen and oxygen atoms in total. The minimum Gasteiger partial charge on any atom is -0.366 e. The summed E-state index contributed by atoms with van der Waals surface area (Å²) in [7, 11) is 0. The van der Waals surface area contributed by atoms with Crippen LogP contribution in [0, 0.1) is 11.8 Å². The Morgan fingerprint density at radius 3 is 2.11 bits per heavy atom. The zero-order valence-electron chi connectivity index (χ0n) is 22.0. The number of hydroxylamine groups is 2. The molecular weight excluding hydrogens is 464 g/mol. The van der Waals surface area contributed by atoms with Gasteiger partial charge in [0.05, 0.1) is 12.5 Å². The summed E-state index contributed by atoms with van der Waals surface area (Å²) in [5.41, 5.74) is 16.7. The summed E-state index contributed by atoms with van der Waals surface area (Å²) in [6, 6.07) is -0.787. The number of hydrogen-bond acceptors (Lipinski definition) is 9. The Morgan fingerprint density at radius 2 is 1.50 bits per heavy atom. The van der Waals surface area contributed by atoms with E-state index >= 15 is 0 Å². The van der Waals surface area contributed by atoms with Crippen molar-refractivity contribution in [3.05, 3.63) is 0 Å². The predicted octanol–water partition coefficient (Wildman–Crippen LogP) is 0.702. The Balaban J connectivity index is 2.34. The van der Waals surface area contributed by atoms with Gasteiger partial charge in [0.1, 0.15) is 12.2 Å². The Morgan fingerprint density at radius 1 is 0.889 bits per heavy atom. The highest BCUT2D eigenvalue weighted by Gasteiger charge is 2.52. The van der Waals surface area contributed by atoms with E-state index in [1.54, 1.807) is 4.90 Å². The van der Waals surface area contributed by atoms with Crippen LogP contribution < -0.4 is 17.2 Å². The van der Waals surface area contributed by atoms with E-state index in [4.69, 9.17) is 22.0 Å². The van der Waals surface area contributed by atoms with Crippen molar-refractivity contribution in [1.29, 1.82) is 0 Å². The highest BCUT2D eigenvalue weighted by Crippen LogP contribution is 2.33. The Labute approximate surface area is 214 Å². The molecule has 6 N–H and O–H groups in total. The minimum absolute atomic E-state index is 0.0216. The fraction of sp³-hybridized carbons (Fsp3) is 0.840. The number of hydrogen-bond donors (Lipinski definition) is 3. The van der Waals surface area contributed by atoms with Gasteiger partial charge in [-0.2, -0.15) is 0 Å². The van der Waals surface area contributed by atoms with E-state index in [-0.39, 0.29) is 49.6 Å². The van der Waals surface area contributed by atoms with E-state index in [2.05, 4.69) is 0 Å². The van der Waals surface area contributed by atoms with Crippen LogP contribution in [0.3, 0.4) is 0 Å². The zero-order chi connectivity index (χ0) is 26.7. The maximum Gasteiger partial charge on any atom is 0.325 e. The van der Waals surface area contributed by atoms with Crippen LogP contribution in [0.4, 0.5) is 0 Å². The normalized spacial score (nSPS) is 22.8. The second-order valence-corrected chi connectivity index (χ2v) is 10.2. The van der Waals surface area contributed by atoms with Crippen LogP contribution in [-0.2, 0) is 24.0 Å². The summed E-state index contributed by atoms with van der Waals surface area (Å²) in [6.45, 7) is 5.66. The van der Waals surface area contributed by atoms with E-state index in [1.807, 2.05) is 13.8 Å². The summed E-state index contributed by atoms with van der Waals surface area (Å²) < 4.78 is 0. The van der Waals surface area contributed by atoms with E-state index in [0.29, 0.717) is 58.2 Å². The molecule has 2 aliphatic rings. The molecule has 3 amide bonds. The lowest BCUT2D eigenvalue weighted by atomic mass is 9.91. The fourth-order valence-electron chi connectivity index (χ4n) is 4.89. The van der Waals surface area contributed by atoms with E-state index in [9.17, 15) is 19.2 Å². The fourth-order valence-corrected chi connectivity index (χ4v) is 4.89. The van der Waals surface area contributed by atoms with Crippen molar-refractivity contribution in [2.75, 3.05) is 32.7 Å². The number of piperazine rings is 1. The van der Waals surface area contributed by atoms with Gasteiger partial charge in [0.2, 0.25) is 11.8 Å². The first-order chi connectivity index (χ1) is 17.2. The molecule has 36 heavy (non-hydrogen) atoms. The summed E-state index contributed by atoms with van der Waals surface area (Å²) in [6.07, 6.45) is 4.86. The number of fused-ring (bicyclic) bond motifs is 1. The van der Waals surface area contributed by atoms with Crippen LogP contribution in [0.5, 0.6) is 0 Å². The molecule has 0 saturated carbocycles. The van der Waals surface area contributed by atoms with E-state index in [1.165, 1.54) is 9.96 Å². The Kier molecular flexibility index (Phi) is 12.8. The van der Waals surface area contributed by atoms with Crippen LogP contribution in [0.25, 0.3) is 0 Å². The summed E-state index contributed by atoms with van der Waals surface area (Å²) in [4.78, 5) is 61.5. The lowest BCUT2D eigenvalue weighted by Crippen LogP contribution is -2.73.